The molecule has 0 aliphatic rings. The SMILES string of the molecule is COc1cc(C=CC(=O)O)ccc1OCCc1cccs1. The van der Waals surface area contributed by atoms with Crippen LogP contribution >= 0.6 is 11.3 Å². The molecule has 0 aliphatic carbocycles. The van der Waals surface area contributed by atoms with Gasteiger partial charge in [0.25, 0.3) is 0 Å². The summed E-state index contributed by atoms with van der Waals surface area (Å²) in [7, 11) is 1.56. The highest BCUT2D eigenvalue weighted by molar-refractivity contribution is 7.09. The molecule has 1 aromatic carbocycles. The van der Waals surface area contributed by atoms with Crippen molar-refractivity contribution in [3.63, 3.8) is 0 Å². The second kappa shape index (κ2) is 7.50. The fourth-order valence-electron chi connectivity index (χ4n) is 1.79. The molecule has 5 heteroatoms. The molecule has 21 heavy (non-hydrogen) atoms. The number of ether oxygens (including phenoxy) is 2. The van der Waals surface area contributed by atoms with Crippen LogP contribution < -0.4 is 9.47 Å². The predicted molar refractivity (Wildman–Crippen MR) is 83.2 cm³/mol. The molecule has 2 aromatic rings. The van der Waals surface area contributed by atoms with E-state index in [0.717, 1.165) is 18.1 Å². The summed E-state index contributed by atoms with van der Waals surface area (Å²) >= 11 is 1.70. The molecule has 0 spiro atoms. The number of rotatable bonds is 7. The van der Waals surface area contributed by atoms with Gasteiger partial charge in [0.1, 0.15) is 0 Å². The van der Waals surface area contributed by atoms with Gasteiger partial charge in [-0.3, -0.25) is 0 Å². The average Bonchev–Trinajstić information content (AvgIpc) is 2.99. The maximum Gasteiger partial charge on any atom is 0.328 e. The van der Waals surface area contributed by atoms with Crippen LogP contribution in [-0.2, 0) is 11.2 Å². The van der Waals surface area contributed by atoms with Gasteiger partial charge < -0.3 is 14.6 Å². The van der Waals surface area contributed by atoms with Crippen molar-refractivity contribution in [1.29, 1.82) is 0 Å². The van der Waals surface area contributed by atoms with E-state index in [4.69, 9.17) is 14.6 Å². The summed E-state index contributed by atoms with van der Waals surface area (Å²) in [5, 5.41) is 10.7. The fourth-order valence-corrected chi connectivity index (χ4v) is 2.48. The van der Waals surface area contributed by atoms with E-state index in [9.17, 15) is 4.79 Å². The molecule has 0 saturated carbocycles. The second-order valence-electron chi connectivity index (χ2n) is 4.26. The molecular weight excluding hydrogens is 288 g/mol. The van der Waals surface area contributed by atoms with E-state index in [1.165, 1.54) is 11.0 Å². The van der Waals surface area contributed by atoms with Gasteiger partial charge in [0, 0.05) is 17.4 Å². The van der Waals surface area contributed by atoms with Crippen LogP contribution in [0.3, 0.4) is 0 Å². The third-order valence-corrected chi connectivity index (χ3v) is 3.73. The Hall–Kier alpha value is -2.27. The number of carboxylic acid groups (broad SMARTS) is 1. The molecule has 0 radical (unpaired) electrons. The van der Waals surface area contributed by atoms with E-state index in [1.54, 1.807) is 36.6 Å². The quantitative estimate of drug-likeness (QED) is 0.796. The topological polar surface area (TPSA) is 55.8 Å². The van der Waals surface area contributed by atoms with Crippen molar-refractivity contribution in [2.24, 2.45) is 0 Å². The summed E-state index contributed by atoms with van der Waals surface area (Å²) in [6, 6.07) is 9.42. The summed E-state index contributed by atoms with van der Waals surface area (Å²) in [6.45, 7) is 0.571. The Morgan fingerprint density at radius 1 is 1.33 bits per heavy atom. The first-order valence-electron chi connectivity index (χ1n) is 6.43. The average molecular weight is 304 g/mol. The minimum Gasteiger partial charge on any atom is -0.493 e. The predicted octanol–water partition coefficient (Wildman–Crippen LogP) is 3.48. The molecule has 0 saturated heterocycles. The molecule has 1 N–H and O–H groups in total. The summed E-state index contributed by atoms with van der Waals surface area (Å²) in [5.41, 5.74) is 0.750. The Bertz CT molecular complexity index is 617. The van der Waals surface area contributed by atoms with Gasteiger partial charge in [-0.2, -0.15) is 0 Å². The molecule has 0 amide bonds. The Labute approximate surface area is 127 Å². The van der Waals surface area contributed by atoms with E-state index in [1.807, 2.05) is 11.4 Å². The highest BCUT2D eigenvalue weighted by Gasteiger charge is 2.05. The third-order valence-electron chi connectivity index (χ3n) is 2.79. The molecule has 2 rings (SSSR count). The van der Waals surface area contributed by atoms with Gasteiger partial charge in [-0.1, -0.05) is 12.1 Å². The Balaban J connectivity index is 2.00. The molecule has 0 fully saturated rings. The molecule has 1 aromatic heterocycles. The van der Waals surface area contributed by atoms with Crippen molar-refractivity contribution in [2.45, 2.75) is 6.42 Å². The Morgan fingerprint density at radius 3 is 2.86 bits per heavy atom. The van der Waals surface area contributed by atoms with E-state index < -0.39 is 5.97 Å². The smallest absolute Gasteiger partial charge is 0.328 e. The van der Waals surface area contributed by atoms with Crippen molar-refractivity contribution in [3.8, 4) is 11.5 Å². The van der Waals surface area contributed by atoms with Crippen LogP contribution in [-0.4, -0.2) is 24.8 Å². The van der Waals surface area contributed by atoms with Crippen molar-refractivity contribution >= 4 is 23.4 Å². The first-order valence-corrected chi connectivity index (χ1v) is 7.31. The van der Waals surface area contributed by atoms with Gasteiger partial charge in [-0.15, -0.1) is 11.3 Å². The van der Waals surface area contributed by atoms with E-state index >= 15 is 0 Å². The van der Waals surface area contributed by atoms with Gasteiger partial charge in [-0.05, 0) is 35.2 Å². The number of benzene rings is 1. The first kappa shape index (κ1) is 15.1. The second-order valence-corrected chi connectivity index (χ2v) is 5.29. The molecule has 4 nitrogen and oxygen atoms in total. The third kappa shape index (κ3) is 4.65. The molecule has 0 unspecified atom stereocenters. The van der Waals surface area contributed by atoms with Crippen LogP contribution in [0.5, 0.6) is 11.5 Å². The van der Waals surface area contributed by atoms with Crippen molar-refractivity contribution in [3.05, 3.63) is 52.2 Å². The zero-order valence-electron chi connectivity index (χ0n) is 11.6. The van der Waals surface area contributed by atoms with E-state index in [0.29, 0.717) is 18.1 Å². The highest BCUT2D eigenvalue weighted by Crippen LogP contribution is 2.28. The maximum atomic E-state index is 10.5. The molecule has 110 valence electrons. The van der Waals surface area contributed by atoms with Crippen LogP contribution in [0.4, 0.5) is 0 Å². The van der Waals surface area contributed by atoms with Crippen LogP contribution in [0.15, 0.2) is 41.8 Å². The lowest BCUT2D eigenvalue weighted by molar-refractivity contribution is -0.131. The first-order chi connectivity index (χ1) is 10.2. The van der Waals surface area contributed by atoms with Gasteiger partial charge in [0.05, 0.1) is 13.7 Å². The summed E-state index contributed by atoms with van der Waals surface area (Å²) < 4.78 is 11.0. The summed E-state index contributed by atoms with van der Waals surface area (Å²) in [6.07, 6.45) is 3.45. The molecule has 0 atom stereocenters. The monoisotopic (exact) mass is 304 g/mol. The largest absolute Gasteiger partial charge is 0.493 e. The normalized spacial score (nSPS) is 10.7. The highest BCUT2D eigenvalue weighted by atomic mass is 32.1. The van der Waals surface area contributed by atoms with E-state index in [-0.39, 0.29) is 0 Å². The molecule has 0 bridgehead atoms. The Kier molecular flexibility index (Phi) is 5.40. The van der Waals surface area contributed by atoms with Crippen molar-refractivity contribution < 1.29 is 19.4 Å². The lowest BCUT2D eigenvalue weighted by atomic mass is 10.2. The molecular formula is C16H16O4S. The standard InChI is InChI=1S/C16H16O4S/c1-19-15-11-12(5-7-16(17)18)4-6-14(15)20-9-8-13-3-2-10-21-13/h2-7,10-11H,8-9H2,1H3,(H,17,18). The van der Waals surface area contributed by atoms with Crippen molar-refractivity contribution in [2.75, 3.05) is 13.7 Å². The van der Waals surface area contributed by atoms with Gasteiger partial charge in [0.2, 0.25) is 0 Å². The number of thiophene rings is 1. The van der Waals surface area contributed by atoms with Gasteiger partial charge in [0.15, 0.2) is 11.5 Å². The summed E-state index contributed by atoms with van der Waals surface area (Å²) in [5.74, 6) is 0.264. The van der Waals surface area contributed by atoms with Crippen LogP contribution in [0.25, 0.3) is 6.08 Å². The number of carbonyl (C=O) groups is 1. The maximum absolute atomic E-state index is 10.5. The lowest BCUT2D eigenvalue weighted by Crippen LogP contribution is -2.01. The Morgan fingerprint density at radius 2 is 2.19 bits per heavy atom. The number of hydrogen-bond donors (Lipinski definition) is 1. The fraction of sp³-hybridized carbons (Fsp3) is 0.188. The zero-order chi connectivity index (χ0) is 15.1. The van der Waals surface area contributed by atoms with Crippen LogP contribution in [0, 0.1) is 0 Å². The summed E-state index contributed by atoms with van der Waals surface area (Å²) in [4.78, 5) is 11.8. The van der Waals surface area contributed by atoms with Crippen LogP contribution in [0.1, 0.15) is 10.4 Å². The molecule has 0 aliphatic heterocycles. The van der Waals surface area contributed by atoms with E-state index in [2.05, 4.69) is 6.07 Å². The van der Waals surface area contributed by atoms with Gasteiger partial charge >= 0.3 is 5.97 Å². The lowest BCUT2D eigenvalue weighted by Gasteiger charge is -2.11. The van der Waals surface area contributed by atoms with Crippen molar-refractivity contribution in [1.82, 2.24) is 0 Å². The van der Waals surface area contributed by atoms with Gasteiger partial charge in [-0.25, -0.2) is 4.79 Å². The number of aliphatic carboxylic acids is 1. The van der Waals surface area contributed by atoms with Crippen LogP contribution in [0.2, 0.25) is 0 Å². The number of carboxylic acids is 1. The number of methoxy groups -OCH3 is 1. The molecule has 1 heterocycles. The zero-order valence-corrected chi connectivity index (χ0v) is 12.4. The number of hydrogen-bond acceptors (Lipinski definition) is 4. The minimum atomic E-state index is -0.981. The minimum absolute atomic E-state index is 0.571.